The van der Waals surface area contributed by atoms with Gasteiger partial charge in [-0.3, -0.25) is 0 Å². The van der Waals surface area contributed by atoms with Crippen molar-refractivity contribution in [2.45, 2.75) is 85.7 Å². The number of aryl methyl sites for hydroxylation is 4. The van der Waals surface area contributed by atoms with Crippen LogP contribution in [0.15, 0.2) is 49.1 Å². The molecular formula is C23H38Cl2N2. The summed E-state index contributed by atoms with van der Waals surface area (Å²) >= 11 is 0. The fourth-order valence-corrected chi connectivity index (χ4v) is 2.79. The average molecular weight is 413 g/mol. The van der Waals surface area contributed by atoms with Gasteiger partial charge in [0, 0.05) is 37.1 Å². The first-order chi connectivity index (χ1) is 12.2. The topological polar surface area (TPSA) is 7.76 Å². The number of hydrogen-bond donors (Lipinski definition) is 0. The van der Waals surface area contributed by atoms with Crippen LogP contribution in [-0.2, 0) is 25.9 Å². The molecule has 0 saturated carbocycles. The predicted molar refractivity (Wildman–Crippen MR) is 106 cm³/mol. The molecule has 0 aliphatic rings. The van der Waals surface area contributed by atoms with Gasteiger partial charge in [-0.05, 0) is 30.4 Å². The SMILES string of the molecule is CCCCc1cc[n+](CCC)cc1.CCCc1cc[n+](CCC)cc1.[Cl-].[Cl-]. The van der Waals surface area contributed by atoms with Crippen molar-refractivity contribution in [2.24, 2.45) is 0 Å². The fourth-order valence-electron chi connectivity index (χ4n) is 2.79. The van der Waals surface area contributed by atoms with Crippen molar-refractivity contribution >= 4 is 0 Å². The molecule has 0 spiro atoms. The molecule has 0 aromatic carbocycles. The van der Waals surface area contributed by atoms with Gasteiger partial charge in [-0.1, -0.05) is 40.5 Å². The summed E-state index contributed by atoms with van der Waals surface area (Å²) < 4.78 is 4.48. The molecule has 0 aliphatic heterocycles. The Bertz CT molecular complexity index is 529. The molecule has 27 heavy (non-hydrogen) atoms. The van der Waals surface area contributed by atoms with Gasteiger partial charge in [0.15, 0.2) is 24.8 Å². The average Bonchev–Trinajstić information content (AvgIpc) is 2.64. The Morgan fingerprint density at radius 2 is 0.963 bits per heavy atom. The second kappa shape index (κ2) is 18.3. The van der Waals surface area contributed by atoms with Crippen molar-refractivity contribution < 1.29 is 33.9 Å². The molecule has 0 aliphatic carbocycles. The van der Waals surface area contributed by atoms with E-state index in [4.69, 9.17) is 0 Å². The van der Waals surface area contributed by atoms with Crippen LogP contribution in [0.4, 0.5) is 0 Å². The van der Waals surface area contributed by atoms with E-state index >= 15 is 0 Å². The standard InChI is InChI=1S/C12H20N.C11H18N.2ClH/c1-3-5-6-12-7-10-13(9-4-2)11-8-12;1-3-5-11-6-9-12(8-4-2)10-7-11;;/h7-8,10-11H,3-6,9H2,1-2H3;6-7,9-10H,3-5,8H2,1-2H3;2*1H/q2*+1;;/p-2. The second-order valence-corrected chi connectivity index (χ2v) is 6.74. The lowest BCUT2D eigenvalue weighted by atomic mass is 10.1. The smallest absolute Gasteiger partial charge is 0.169 e. The van der Waals surface area contributed by atoms with Crippen molar-refractivity contribution in [3.63, 3.8) is 0 Å². The first-order valence-corrected chi connectivity index (χ1v) is 10.2. The number of rotatable bonds is 9. The van der Waals surface area contributed by atoms with E-state index in [9.17, 15) is 0 Å². The lowest BCUT2D eigenvalue weighted by Gasteiger charge is -1.98. The summed E-state index contributed by atoms with van der Waals surface area (Å²) in [6, 6.07) is 8.93. The monoisotopic (exact) mass is 412 g/mol. The first kappa shape index (κ1) is 28.1. The Balaban J connectivity index is 0. The summed E-state index contributed by atoms with van der Waals surface area (Å²) in [6.07, 6.45) is 17.4. The number of aromatic nitrogens is 2. The van der Waals surface area contributed by atoms with Gasteiger partial charge in [-0.2, -0.15) is 0 Å². The molecule has 0 saturated heterocycles. The molecule has 2 aromatic rings. The van der Waals surface area contributed by atoms with Gasteiger partial charge in [-0.15, -0.1) is 0 Å². The highest BCUT2D eigenvalue weighted by molar-refractivity contribution is 5.07. The molecule has 0 atom stereocenters. The van der Waals surface area contributed by atoms with E-state index in [0.29, 0.717) is 0 Å². The number of nitrogens with zero attached hydrogens (tertiary/aromatic N) is 2. The van der Waals surface area contributed by atoms with Crippen LogP contribution in [0.25, 0.3) is 0 Å². The molecule has 0 fully saturated rings. The van der Waals surface area contributed by atoms with Crippen LogP contribution in [-0.4, -0.2) is 0 Å². The molecule has 154 valence electrons. The maximum Gasteiger partial charge on any atom is 0.169 e. The quantitative estimate of drug-likeness (QED) is 0.470. The molecule has 0 radical (unpaired) electrons. The van der Waals surface area contributed by atoms with Gasteiger partial charge in [0.05, 0.1) is 0 Å². The molecule has 4 heteroatoms. The lowest BCUT2D eigenvalue weighted by molar-refractivity contribution is -0.697. The minimum absolute atomic E-state index is 0. The third-order valence-electron chi connectivity index (χ3n) is 4.24. The fraction of sp³-hybridized carbons (Fsp3) is 0.565. The van der Waals surface area contributed by atoms with E-state index in [1.165, 1.54) is 56.1 Å². The number of pyridine rings is 2. The Morgan fingerprint density at radius 1 is 0.556 bits per heavy atom. The van der Waals surface area contributed by atoms with Crippen LogP contribution in [0.5, 0.6) is 0 Å². The molecular weight excluding hydrogens is 375 g/mol. The summed E-state index contributed by atoms with van der Waals surface area (Å²) in [5, 5.41) is 0. The minimum atomic E-state index is 0. The Kier molecular flexibility index (Phi) is 19.0. The molecule has 2 nitrogen and oxygen atoms in total. The van der Waals surface area contributed by atoms with Gasteiger partial charge in [0.25, 0.3) is 0 Å². The van der Waals surface area contributed by atoms with Gasteiger partial charge in [-0.25, -0.2) is 9.13 Å². The Labute approximate surface area is 179 Å². The van der Waals surface area contributed by atoms with E-state index in [1.54, 1.807) is 0 Å². The van der Waals surface area contributed by atoms with Gasteiger partial charge >= 0.3 is 0 Å². The lowest BCUT2D eigenvalue weighted by Crippen LogP contribution is -3.00. The van der Waals surface area contributed by atoms with Crippen molar-refractivity contribution in [2.75, 3.05) is 0 Å². The molecule has 2 rings (SSSR count). The predicted octanol–water partition coefficient (Wildman–Crippen LogP) is -0.929. The normalized spacial score (nSPS) is 9.48. The number of unbranched alkanes of at least 4 members (excludes halogenated alkanes) is 1. The molecule has 0 bridgehead atoms. The summed E-state index contributed by atoms with van der Waals surface area (Å²) in [7, 11) is 0. The van der Waals surface area contributed by atoms with Crippen LogP contribution >= 0.6 is 0 Å². The zero-order valence-corrected chi connectivity index (χ0v) is 19.1. The molecule has 0 N–H and O–H groups in total. The van der Waals surface area contributed by atoms with Gasteiger partial charge in [0.1, 0.15) is 13.1 Å². The van der Waals surface area contributed by atoms with Crippen molar-refractivity contribution in [3.05, 3.63) is 60.2 Å². The van der Waals surface area contributed by atoms with Crippen molar-refractivity contribution in [1.82, 2.24) is 0 Å². The highest BCUT2D eigenvalue weighted by Gasteiger charge is 1.98. The summed E-state index contributed by atoms with van der Waals surface area (Å²) in [6.45, 7) is 11.1. The van der Waals surface area contributed by atoms with Crippen LogP contribution < -0.4 is 33.9 Å². The summed E-state index contributed by atoms with van der Waals surface area (Å²) in [5.74, 6) is 0. The zero-order chi connectivity index (χ0) is 18.3. The Hall–Kier alpha value is -1.12. The van der Waals surface area contributed by atoms with Crippen molar-refractivity contribution in [3.8, 4) is 0 Å². The van der Waals surface area contributed by atoms with Crippen LogP contribution in [0.3, 0.4) is 0 Å². The zero-order valence-electron chi connectivity index (χ0n) is 17.6. The third-order valence-corrected chi connectivity index (χ3v) is 4.24. The van der Waals surface area contributed by atoms with E-state index < -0.39 is 0 Å². The van der Waals surface area contributed by atoms with Gasteiger partial charge in [0.2, 0.25) is 0 Å². The third kappa shape index (κ3) is 12.8. The molecule has 2 heterocycles. The minimum Gasteiger partial charge on any atom is -1.00 e. The highest BCUT2D eigenvalue weighted by Crippen LogP contribution is 2.02. The largest absolute Gasteiger partial charge is 1.00 e. The molecule has 0 amide bonds. The second-order valence-electron chi connectivity index (χ2n) is 6.74. The summed E-state index contributed by atoms with van der Waals surface area (Å²) in [5.41, 5.74) is 2.92. The van der Waals surface area contributed by atoms with Crippen LogP contribution in [0, 0.1) is 0 Å². The van der Waals surface area contributed by atoms with E-state index in [2.05, 4.69) is 85.9 Å². The maximum absolute atomic E-state index is 2.25. The highest BCUT2D eigenvalue weighted by atomic mass is 35.5. The van der Waals surface area contributed by atoms with Crippen LogP contribution in [0.1, 0.15) is 70.9 Å². The number of hydrogen-bond acceptors (Lipinski definition) is 0. The van der Waals surface area contributed by atoms with E-state index in [1.807, 2.05) is 0 Å². The van der Waals surface area contributed by atoms with E-state index in [-0.39, 0.29) is 24.8 Å². The Morgan fingerprint density at radius 3 is 1.30 bits per heavy atom. The number of halogens is 2. The van der Waals surface area contributed by atoms with Gasteiger partial charge < -0.3 is 24.8 Å². The first-order valence-electron chi connectivity index (χ1n) is 10.2. The van der Waals surface area contributed by atoms with Crippen LogP contribution in [0.2, 0.25) is 0 Å². The molecule has 2 aromatic heterocycles. The molecule has 0 unspecified atom stereocenters. The summed E-state index contributed by atoms with van der Waals surface area (Å²) in [4.78, 5) is 0. The maximum atomic E-state index is 2.25. The van der Waals surface area contributed by atoms with E-state index in [0.717, 1.165) is 13.1 Å². The van der Waals surface area contributed by atoms with Crippen molar-refractivity contribution in [1.29, 1.82) is 0 Å².